The van der Waals surface area contributed by atoms with Crippen molar-refractivity contribution in [3.05, 3.63) is 58.9 Å². The van der Waals surface area contributed by atoms with Crippen molar-refractivity contribution in [2.45, 2.75) is 11.3 Å². The minimum absolute atomic E-state index is 0.0468. The molecule has 6 nitrogen and oxygen atoms in total. The number of hydrogen-bond donors (Lipinski definition) is 0. The third kappa shape index (κ3) is 4.10. The lowest BCUT2D eigenvalue weighted by atomic mass is 9.95. The molecule has 0 bridgehead atoms. The fourth-order valence-corrected chi connectivity index (χ4v) is 5.30. The molecule has 2 heterocycles. The van der Waals surface area contributed by atoms with Gasteiger partial charge in [-0.25, -0.2) is 12.8 Å². The third-order valence-corrected chi connectivity index (χ3v) is 7.43. The molecule has 9 heteroatoms. The first kappa shape index (κ1) is 20.1. The zero-order chi connectivity index (χ0) is 20.6. The lowest BCUT2D eigenvalue weighted by Gasteiger charge is -2.36. The maximum absolute atomic E-state index is 13.1. The quantitative estimate of drug-likeness (QED) is 0.738. The number of nitrogens with zero attached hydrogens (tertiary/aromatic N) is 2. The molecule has 29 heavy (non-hydrogen) atoms. The van der Waals surface area contributed by atoms with Gasteiger partial charge in [0.15, 0.2) is 0 Å². The summed E-state index contributed by atoms with van der Waals surface area (Å²) in [7, 11) is -3.71. The number of halogens is 2. The van der Waals surface area contributed by atoms with Crippen LogP contribution in [0, 0.1) is 11.7 Å². The second-order valence-corrected chi connectivity index (χ2v) is 9.52. The minimum Gasteiger partial charge on any atom is -0.492 e. The predicted octanol–water partition coefficient (Wildman–Crippen LogP) is 2.56. The summed E-state index contributed by atoms with van der Waals surface area (Å²) in [6.45, 7) is 1.29. The predicted molar refractivity (Wildman–Crippen MR) is 106 cm³/mol. The molecule has 1 saturated heterocycles. The van der Waals surface area contributed by atoms with Crippen LogP contribution < -0.4 is 4.74 Å². The van der Waals surface area contributed by atoms with Crippen LogP contribution in [0.25, 0.3) is 0 Å². The number of fused-ring (bicyclic) bond motifs is 1. The lowest BCUT2D eigenvalue weighted by Crippen LogP contribution is -2.52. The number of carbonyl (C=O) groups excluding carboxylic acids is 1. The van der Waals surface area contributed by atoms with Crippen LogP contribution in [0.3, 0.4) is 0 Å². The van der Waals surface area contributed by atoms with Gasteiger partial charge >= 0.3 is 0 Å². The Kier molecular flexibility index (Phi) is 5.50. The summed E-state index contributed by atoms with van der Waals surface area (Å²) in [5, 5.41) is 0.597. The molecule has 0 saturated carbocycles. The Bertz CT molecular complexity index is 1020. The normalized spacial score (nSPS) is 20.1. The van der Waals surface area contributed by atoms with Gasteiger partial charge in [0.05, 0.1) is 10.8 Å². The molecule has 0 aliphatic carbocycles. The van der Waals surface area contributed by atoms with Crippen molar-refractivity contribution in [1.29, 1.82) is 0 Å². The highest BCUT2D eigenvalue weighted by Gasteiger charge is 2.34. The number of hydrogen-bond acceptors (Lipinski definition) is 4. The Morgan fingerprint density at radius 2 is 1.76 bits per heavy atom. The van der Waals surface area contributed by atoms with Gasteiger partial charge in [-0.05, 0) is 54.4 Å². The second-order valence-electron chi connectivity index (χ2n) is 7.15. The Labute approximate surface area is 173 Å². The van der Waals surface area contributed by atoms with Crippen molar-refractivity contribution in [1.82, 2.24) is 9.21 Å². The standard InChI is InChI=1S/C20H20ClFN2O4S/c21-16-1-6-19-14(12-16)11-15(13-28-19)20(25)23-7-9-24(10-8-23)29(26,27)18-4-2-17(22)3-5-18/h1-6,12,15H,7-11,13H2/t15-/m0/s1. The van der Waals surface area contributed by atoms with E-state index in [2.05, 4.69) is 0 Å². The van der Waals surface area contributed by atoms with Crippen LogP contribution in [0.15, 0.2) is 47.4 Å². The van der Waals surface area contributed by atoms with E-state index in [-0.39, 0.29) is 29.8 Å². The Morgan fingerprint density at radius 3 is 2.45 bits per heavy atom. The fraction of sp³-hybridized carbons (Fsp3) is 0.350. The highest BCUT2D eigenvalue weighted by molar-refractivity contribution is 7.89. The van der Waals surface area contributed by atoms with Crippen molar-refractivity contribution in [3.63, 3.8) is 0 Å². The van der Waals surface area contributed by atoms with Crippen LogP contribution in [0.2, 0.25) is 5.02 Å². The van der Waals surface area contributed by atoms with E-state index in [0.29, 0.717) is 31.1 Å². The molecule has 1 fully saturated rings. The Hall–Kier alpha value is -2.16. The molecule has 2 aliphatic rings. The van der Waals surface area contributed by atoms with Crippen molar-refractivity contribution >= 4 is 27.5 Å². The summed E-state index contributed by atoms with van der Waals surface area (Å²) >= 11 is 6.04. The van der Waals surface area contributed by atoms with E-state index < -0.39 is 15.8 Å². The van der Waals surface area contributed by atoms with E-state index in [1.54, 1.807) is 17.0 Å². The van der Waals surface area contributed by atoms with E-state index in [1.165, 1.54) is 16.4 Å². The van der Waals surface area contributed by atoms with E-state index in [1.807, 2.05) is 6.07 Å². The molecule has 4 rings (SSSR count). The van der Waals surface area contributed by atoms with Gasteiger partial charge in [-0.15, -0.1) is 0 Å². The molecule has 1 amide bonds. The van der Waals surface area contributed by atoms with Crippen molar-refractivity contribution in [3.8, 4) is 5.75 Å². The zero-order valence-corrected chi connectivity index (χ0v) is 17.1. The highest BCUT2D eigenvalue weighted by Crippen LogP contribution is 2.31. The van der Waals surface area contributed by atoms with Gasteiger partial charge in [0.1, 0.15) is 18.2 Å². The summed E-state index contributed by atoms with van der Waals surface area (Å²) in [6, 6.07) is 10.1. The summed E-state index contributed by atoms with van der Waals surface area (Å²) < 4.78 is 45.5. The lowest BCUT2D eigenvalue weighted by molar-refractivity contribution is -0.138. The summed E-state index contributed by atoms with van der Waals surface area (Å²) in [4.78, 5) is 14.6. The molecule has 2 aromatic rings. The van der Waals surface area contributed by atoms with Crippen LogP contribution >= 0.6 is 11.6 Å². The van der Waals surface area contributed by atoms with Gasteiger partial charge < -0.3 is 9.64 Å². The molecule has 0 unspecified atom stereocenters. The molecule has 1 atom stereocenters. The van der Waals surface area contributed by atoms with Crippen LogP contribution in [0.1, 0.15) is 5.56 Å². The van der Waals surface area contributed by atoms with E-state index in [9.17, 15) is 17.6 Å². The summed E-state index contributed by atoms with van der Waals surface area (Å²) in [5.41, 5.74) is 0.902. The van der Waals surface area contributed by atoms with Crippen molar-refractivity contribution in [2.24, 2.45) is 5.92 Å². The first-order chi connectivity index (χ1) is 13.8. The third-order valence-electron chi connectivity index (χ3n) is 5.28. The van der Waals surface area contributed by atoms with E-state index >= 15 is 0 Å². The van der Waals surface area contributed by atoms with E-state index in [4.69, 9.17) is 16.3 Å². The molecule has 154 valence electrons. The smallest absolute Gasteiger partial charge is 0.243 e. The number of sulfonamides is 1. The minimum atomic E-state index is -3.71. The van der Waals surface area contributed by atoms with Crippen LogP contribution in [0.5, 0.6) is 5.75 Å². The Balaban J connectivity index is 1.39. The molecule has 0 N–H and O–H groups in total. The van der Waals surface area contributed by atoms with Crippen LogP contribution in [-0.2, 0) is 21.2 Å². The molecule has 2 aliphatic heterocycles. The Morgan fingerprint density at radius 1 is 1.07 bits per heavy atom. The first-order valence-corrected chi connectivity index (χ1v) is 11.1. The number of carbonyl (C=O) groups is 1. The molecular formula is C20H20ClFN2O4S. The fourth-order valence-electron chi connectivity index (χ4n) is 3.68. The molecule has 0 aromatic heterocycles. The number of piperazine rings is 1. The van der Waals surface area contributed by atoms with Gasteiger partial charge in [-0.1, -0.05) is 11.6 Å². The van der Waals surface area contributed by atoms with Gasteiger partial charge in [-0.3, -0.25) is 4.79 Å². The average molecular weight is 439 g/mol. The highest BCUT2D eigenvalue weighted by atomic mass is 35.5. The van der Waals surface area contributed by atoms with Gasteiger partial charge in [0, 0.05) is 31.2 Å². The number of benzene rings is 2. The molecule has 0 spiro atoms. The number of ether oxygens (including phenoxy) is 1. The first-order valence-electron chi connectivity index (χ1n) is 9.30. The number of amides is 1. The van der Waals surface area contributed by atoms with Crippen molar-refractivity contribution in [2.75, 3.05) is 32.8 Å². The van der Waals surface area contributed by atoms with Crippen LogP contribution in [-0.4, -0.2) is 56.3 Å². The SMILES string of the molecule is O=C([C@@H]1COc2ccc(Cl)cc2C1)N1CCN(S(=O)(=O)c2ccc(F)cc2)CC1. The zero-order valence-electron chi connectivity index (χ0n) is 15.6. The molecular weight excluding hydrogens is 419 g/mol. The van der Waals surface area contributed by atoms with Gasteiger partial charge in [0.25, 0.3) is 0 Å². The summed E-state index contributed by atoms with van der Waals surface area (Å²) in [5.74, 6) is -0.110. The number of rotatable bonds is 3. The topological polar surface area (TPSA) is 66.9 Å². The summed E-state index contributed by atoms with van der Waals surface area (Å²) in [6.07, 6.45) is 0.544. The van der Waals surface area contributed by atoms with Gasteiger partial charge in [-0.2, -0.15) is 4.31 Å². The molecule has 2 aromatic carbocycles. The average Bonchev–Trinajstić information content (AvgIpc) is 2.73. The van der Waals surface area contributed by atoms with E-state index in [0.717, 1.165) is 23.4 Å². The monoisotopic (exact) mass is 438 g/mol. The molecule has 0 radical (unpaired) electrons. The maximum Gasteiger partial charge on any atom is 0.243 e. The largest absolute Gasteiger partial charge is 0.492 e. The van der Waals surface area contributed by atoms with Crippen molar-refractivity contribution < 1.29 is 22.3 Å². The second kappa shape index (κ2) is 7.93. The maximum atomic E-state index is 13.1. The van der Waals surface area contributed by atoms with Gasteiger partial charge in [0.2, 0.25) is 15.9 Å². The van der Waals surface area contributed by atoms with Crippen LogP contribution in [0.4, 0.5) is 4.39 Å².